The van der Waals surface area contributed by atoms with E-state index in [-0.39, 0.29) is 28.4 Å². The molecule has 1 fully saturated rings. The lowest BCUT2D eigenvalue weighted by Crippen LogP contribution is -2.63. The minimum atomic E-state index is -0.0854. The fraction of sp³-hybridized carbons (Fsp3) is 0.389. The molecule has 1 aliphatic carbocycles. The molecule has 24 heavy (non-hydrogen) atoms. The Bertz CT molecular complexity index is 1120. The second-order valence-corrected chi connectivity index (χ2v) is 8.81. The number of fused-ring (bicyclic) bond motifs is 3. The maximum atomic E-state index is 12.8. The van der Waals surface area contributed by atoms with Gasteiger partial charge in [-0.2, -0.15) is 0 Å². The molecule has 2 N–H and O–H groups in total. The number of hydrogen-bond acceptors (Lipinski definition) is 5. The lowest BCUT2D eigenvalue weighted by Gasteiger charge is -2.42. The molecule has 0 amide bonds. The average molecular weight is 336 g/mol. The largest absolute Gasteiger partial charge is 0.504 e. The van der Waals surface area contributed by atoms with E-state index in [2.05, 4.69) is 14.9 Å². The first-order valence-corrected chi connectivity index (χ1v) is 9.35. The first-order valence-electron chi connectivity index (χ1n) is 8.47. The maximum absolute atomic E-state index is 12.8. The van der Waals surface area contributed by atoms with Crippen molar-refractivity contribution in [2.24, 2.45) is 4.99 Å². The fourth-order valence-corrected chi connectivity index (χ4v) is 7.19. The summed E-state index contributed by atoms with van der Waals surface area (Å²) in [5.41, 5.74) is 3.89. The number of thioether (sulfide) groups is 1. The van der Waals surface area contributed by atoms with Crippen LogP contribution < -0.4 is 20.5 Å². The van der Waals surface area contributed by atoms with Crippen LogP contribution in [0, 0.1) is 0 Å². The molecular formula is C18H14N3O2S+. The van der Waals surface area contributed by atoms with Crippen molar-refractivity contribution in [1.82, 2.24) is 4.58 Å². The van der Waals surface area contributed by atoms with Gasteiger partial charge >= 0.3 is 0 Å². The SMILES string of the molecule is O=C1C=C2S[C@@H]3C[C@@]24C[C@@H]1[N+]1=c2c4c(c(O)c4c2=C(C=N4)CC1)N3. The zero-order valence-corrected chi connectivity index (χ0v) is 13.6. The van der Waals surface area contributed by atoms with Crippen LogP contribution in [0.2, 0.25) is 0 Å². The molecule has 0 aromatic heterocycles. The summed E-state index contributed by atoms with van der Waals surface area (Å²) in [7, 11) is 0. The van der Waals surface area contributed by atoms with Crippen LogP contribution in [0.1, 0.15) is 24.8 Å². The maximum Gasteiger partial charge on any atom is 0.223 e. The van der Waals surface area contributed by atoms with Crippen molar-refractivity contribution in [2.75, 3.05) is 11.9 Å². The number of hydrogen-bond donors (Lipinski definition) is 2. The number of phenolic OH excluding ortho intramolecular Hbond substituents is 1. The smallest absolute Gasteiger partial charge is 0.223 e. The van der Waals surface area contributed by atoms with E-state index in [1.54, 1.807) is 11.8 Å². The number of anilines is 1. The van der Waals surface area contributed by atoms with Crippen molar-refractivity contribution in [1.29, 1.82) is 0 Å². The topological polar surface area (TPSA) is 64.7 Å². The molecular weight excluding hydrogens is 322 g/mol. The summed E-state index contributed by atoms with van der Waals surface area (Å²) in [5, 5.41) is 16.9. The highest BCUT2D eigenvalue weighted by Crippen LogP contribution is 2.62. The predicted octanol–water partition coefficient (Wildman–Crippen LogP) is 0.519. The second kappa shape index (κ2) is 3.47. The zero-order valence-electron chi connectivity index (χ0n) is 12.8. The van der Waals surface area contributed by atoms with Crippen LogP contribution in [0.25, 0.3) is 5.57 Å². The van der Waals surface area contributed by atoms with E-state index in [0.29, 0.717) is 5.69 Å². The van der Waals surface area contributed by atoms with Gasteiger partial charge in [0, 0.05) is 29.4 Å². The van der Waals surface area contributed by atoms with Gasteiger partial charge in [0.2, 0.25) is 17.2 Å². The van der Waals surface area contributed by atoms with Gasteiger partial charge in [-0.3, -0.25) is 9.79 Å². The van der Waals surface area contributed by atoms with E-state index in [4.69, 9.17) is 0 Å². The van der Waals surface area contributed by atoms with Crippen LogP contribution in [-0.2, 0) is 10.2 Å². The minimum Gasteiger partial charge on any atom is -0.504 e. The van der Waals surface area contributed by atoms with Crippen LogP contribution in [0.5, 0.6) is 5.75 Å². The molecule has 6 aliphatic rings. The molecule has 1 spiro atoms. The molecule has 0 unspecified atom stereocenters. The van der Waals surface area contributed by atoms with Gasteiger partial charge in [0.1, 0.15) is 12.2 Å². The summed E-state index contributed by atoms with van der Waals surface area (Å²) < 4.78 is 2.29. The van der Waals surface area contributed by atoms with Gasteiger partial charge in [0.15, 0.2) is 5.75 Å². The van der Waals surface area contributed by atoms with Gasteiger partial charge in [-0.1, -0.05) is 0 Å². The van der Waals surface area contributed by atoms with E-state index >= 15 is 0 Å². The Morgan fingerprint density at radius 3 is 3.25 bits per heavy atom. The highest BCUT2D eigenvalue weighted by molar-refractivity contribution is 8.04. The number of benzene rings is 1. The van der Waals surface area contributed by atoms with Crippen LogP contribution in [-0.4, -0.2) is 35.1 Å². The summed E-state index contributed by atoms with van der Waals surface area (Å²) in [6.07, 6.45) is 6.54. The van der Waals surface area contributed by atoms with Gasteiger partial charge in [-0.05, 0) is 18.1 Å². The lowest BCUT2D eigenvalue weighted by molar-refractivity contribution is -0.118. The molecule has 0 radical (unpaired) electrons. The van der Waals surface area contributed by atoms with Crippen LogP contribution >= 0.6 is 11.8 Å². The van der Waals surface area contributed by atoms with E-state index in [1.165, 1.54) is 21.4 Å². The van der Waals surface area contributed by atoms with Gasteiger partial charge in [-0.25, -0.2) is 4.58 Å². The number of aromatic hydroxyl groups is 1. The van der Waals surface area contributed by atoms with E-state index in [1.807, 2.05) is 12.3 Å². The van der Waals surface area contributed by atoms with Crippen molar-refractivity contribution in [3.05, 3.63) is 27.1 Å². The van der Waals surface area contributed by atoms with Crippen LogP contribution in [0.4, 0.5) is 11.4 Å². The van der Waals surface area contributed by atoms with E-state index in [9.17, 15) is 9.90 Å². The fourth-order valence-electron chi connectivity index (χ4n) is 5.66. The van der Waals surface area contributed by atoms with E-state index < -0.39 is 0 Å². The molecule has 1 saturated heterocycles. The lowest BCUT2D eigenvalue weighted by atomic mass is 9.64. The average Bonchev–Trinajstić information content (AvgIpc) is 3.11. The molecule has 5 heterocycles. The van der Waals surface area contributed by atoms with Crippen molar-refractivity contribution >= 4 is 40.7 Å². The number of aliphatic imine (C=N–C) groups is 1. The zero-order chi connectivity index (χ0) is 15.8. The first kappa shape index (κ1) is 12.3. The summed E-state index contributed by atoms with van der Waals surface area (Å²) >= 11 is 1.77. The van der Waals surface area contributed by atoms with Crippen molar-refractivity contribution in [2.45, 2.75) is 36.1 Å². The monoisotopic (exact) mass is 336 g/mol. The Morgan fingerprint density at radius 2 is 2.33 bits per heavy atom. The van der Waals surface area contributed by atoms with Crippen LogP contribution in [0.3, 0.4) is 0 Å². The van der Waals surface area contributed by atoms with Gasteiger partial charge in [0.05, 0.1) is 21.8 Å². The Labute approximate surface area is 141 Å². The third kappa shape index (κ3) is 1.06. The van der Waals surface area contributed by atoms with Crippen molar-refractivity contribution in [3.63, 3.8) is 0 Å². The number of nitrogens with zero attached hydrogens (tertiary/aromatic N) is 2. The minimum absolute atomic E-state index is 0.0534. The standard InChI is InChI=1S/C18H13N3O2S/c22-9-3-10-18-4-8(9)21-2-1-7-6-19-14-12(7)16(21)13(18)15(17(14)23)20-11(5-18)24-10/h3,6,8,11H,1-2,4-5H2,(H,19,20,23)/p+1/t8-,11+,18-/m0/s1. The number of allylic oxidation sites excluding steroid dienone is 1. The molecule has 3 bridgehead atoms. The Balaban J connectivity index is 1.81. The summed E-state index contributed by atoms with van der Waals surface area (Å²) in [6, 6.07) is -0.0534. The molecule has 6 heteroatoms. The molecule has 1 aromatic carbocycles. The number of carbonyl (C=O) groups is 1. The number of ketones is 1. The number of nitrogens with one attached hydrogen (secondary N) is 1. The summed E-state index contributed by atoms with van der Waals surface area (Å²) in [4.78, 5) is 18.5. The van der Waals surface area contributed by atoms with Crippen molar-refractivity contribution < 1.29 is 9.90 Å². The Kier molecular flexibility index (Phi) is 1.78. The first-order chi connectivity index (χ1) is 11.7. The summed E-state index contributed by atoms with van der Waals surface area (Å²) in [5.74, 6) is 0.533. The van der Waals surface area contributed by atoms with Gasteiger partial charge in [-0.15, -0.1) is 11.8 Å². The Morgan fingerprint density at radius 1 is 1.42 bits per heavy atom. The van der Waals surface area contributed by atoms with Gasteiger partial charge < -0.3 is 10.4 Å². The van der Waals surface area contributed by atoms with Gasteiger partial charge in [0.25, 0.3) is 0 Å². The quantitative estimate of drug-likeness (QED) is 0.536. The number of rotatable bonds is 0. The number of carbonyl (C=O) groups excluding carboxylic acids is 1. The highest BCUT2D eigenvalue weighted by Gasteiger charge is 2.61. The normalized spacial score (nSPS) is 35.3. The number of phenols is 1. The van der Waals surface area contributed by atoms with Crippen molar-refractivity contribution in [3.8, 4) is 5.75 Å². The summed E-state index contributed by atoms with van der Waals surface area (Å²) in [6.45, 7) is 0.858. The molecule has 5 nitrogen and oxygen atoms in total. The van der Waals surface area contributed by atoms with E-state index in [0.717, 1.165) is 36.7 Å². The second-order valence-electron chi connectivity index (χ2n) is 7.57. The predicted molar refractivity (Wildman–Crippen MR) is 92.4 cm³/mol. The molecule has 7 rings (SSSR count). The molecule has 0 saturated carbocycles. The Hall–Kier alpha value is -2.08. The highest BCUT2D eigenvalue weighted by atomic mass is 32.2. The molecule has 118 valence electrons. The molecule has 5 aliphatic heterocycles. The third-order valence-electron chi connectivity index (χ3n) is 6.58. The van der Waals surface area contributed by atoms with Crippen LogP contribution in [0.15, 0.2) is 16.0 Å². The third-order valence-corrected chi connectivity index (χ3v) is 7.91. The molecule has 3 atom stereocenters. The molecule has 1 aromatic rings.